The third-order valence-corrected chi connectivity index (χ3v) is 5.00. The van der Waals surface area contributed by atoms with E-state index < -0.39 is 17.6 Å². The second-order valence-electron chi connectivity index (χ2n) is 5.82. The fourth-order valence-corrected chi connectivity index (χ4v) is 3.47. The van der Waals surface area contributed by atoms with Gasteiger partial charge in [-0.2, -0.15) is 0 Å². The number of hydrogen-bond donors (Lipinski definition) is 1. The Morgan fingerprint density at radius 2 is 1.88 bits per heavy atom. The number of aliphatic carboxylic acids is 1. The number of carboxylic acids is 1. The molecule has 0 bridgehead atoms. The standard InChI is InChI=1S/C20H16F2O2S/c1-11-15(10-19(23)24)17-8-13(21)9-18(22)20(17)16(11)7-12-3-5-14(25-2)6-4-12/h3-9H,10H2,1-2H3,(H,23,24)/b16-7-. The summed E-state index contributed by atoms with van der Waals surface area (Å²) in [6.45, 7) is 1.75. The molecule has 5 heteroatoms. The lowest BCUT2D eigenvalue weighted by atomic mass is 10.00. The van der Waals surface area contributed by atoms with Crippen LogP contribution in [-0.4, -0.2) is 17.3 Å². The van der Waals surface area contributed by atoms with Gasteiger partial charge < -0.3 is 5.11 Å². The minimum Gasteiger partial charge on any atom is -0.481 e. The van der Waals surface area contributed by atoms with Crippen LogP contribution in [-0.2, 0) is 4.79 Å². The van der Waals surface area contributed by atoms with E-state index in [1.807, 2.05) is 36.6 Å². The Morgan fingerprint density at radius 1 is 1.20 bits per heavy atom. The van der Waals surface area contributed by atoms with E-state index in [4.69, 9.17) is 5.11 Å². The molecule has 0 heterocycles. The number of hydrogen-bond acceptors (Lipinski definition) is 2. The maximum atomic E-state index is 14.4. The van der Waals surface area contributed by atoms with Crippen molar-refractivity contribution < 1.29 is 18.7 Å². The summed E-state index contributed by atoms with van der Waals surface area (Å²) < 4.78 is 28.1. The van der Waals surface area contributed by atoms with E-state index in [-0.39, 0.29) is 12.0 Å². The number of thioether (sulfide) groups is 1. The van der Waals surface area contributed by atoms with Crippen LogP contribution in [0.2, 0.25) is 0 Å². The zero-order valence-corrected chi connectivity index (χ0v) is 14.6. The molecule has 1 aliphatic carbocycles. The summed E-state index contributed by atoms with van der Waals surface area (Å²) in [5.41, 5.74) is 3.18. The fraction of sp³-hybridized carbons (Fsp3) is 0.150. The molecule has 0 saturated carbocycles. The highest BCUT2D eigenvalue weighted by atomic mass is 32.2. The Hall–Kier alpha value is -2.40. The Kier molecular flexibility index (Phi) is 4.77. The molecule has 0 amide bonds. The van der Waals surface area contributed by atoms with Crippen LogP contribution in [0.15, 0.2) is 46.9 Å². The molecule has 0 aromatic heterocycles. The van der Waals surface area contributed by atoms with Crippen LogP contribution in [0.3, 0.4) is 0 Å². The lowest BCUT2D eigenvalue weighted by Gasteiger charge is -2.07. The summed E-state index contributed by atoms with van der Waals surface area (Å²) in [6, 6.07) is 9.80. The Balaban J connectivity index is 2.17. The van der Waals surface area contributed by atoms with Crippen molar-refractivity contribution in [2.24, 2.45) is 0 Å². The predicted molar refractivity (Wildman–Crippen MR) is 97.3 cm³/mol. The van der Waals surface area contributed by atoms with Gasteiger partial charge in [0.25, 0.3) is 0 Å². The highest BCUT2D eigenvalue weighted by molar-refractivity contribution is 7.98. The van der Waals surface area contributed by atoms with Crippen molar-refractivity contribution in [1.82, 2.24) is 0 Å². The number of fused-ring (bicyclic) bond motifs is 1. The molecule has 128 valence electrons. The molecule has 1 aliphatic rings. The minimum atomic E-state index is -1.03. The van der Waals surface area contributed by atoms with Gasteiger partial charge in [-0.15, -0.1) is 11.8 Å². The molecule has 1 N–H and O–H groups in total. The van der Waals surface area contributed by atoms with Crippen LogP contribution in [0.4, 0.5) is 8.78 Å². The van der Waals surface area contributed by atoms with Gasteiger partial charge in [0, 0.05) is 16.5 Å². The maximum Gasteiger partial charge on any atom is 0.307 e. The number of rotatable bonds is 4. The van der Waals surface area contributed by atoms with E-state index in [0.717, 1.165) is 16.5 Å². The average Bonchev–Trinajstić information content (AvgIpc) is 2.81. The van der Waals surface area contributed by atoms with Gasteiger partial charge in [-0.05, 0) is 65.3 Å². The maximum absolute atomic E-state index is 14.4. The molecule has 0 saturated heterocycles. The zero-order valence-electron chi connectivity index (χ0n) is 13.8. The van der Waals surface area contributed by atoms with Gasteiger partial charge in [-0.1, -0.05) is 12.1 Å². The van der Waals surface area contributed by atoms with Crippen LogP contribution < -0.4 is 0 Å². The van der Waals surface area contributed by atoms with E-state index in [9.17, 15) is 13.6 Å². The summed E-state index contributed by atoms with van der Waals surface area (Å²) >= 11 is 1.62. The molecule has 0 aliphatic heterocycles. The van der Waals surface area contributed by atoms with Crippen molar-refractivity contribution in [2.75, 3.05) is 6.26 Å². The second kappa shape index (κ2) is 6.84. The predicted octanol–water partition coefficient (Wildman–Crippen LogP) is 5.49. The van der Waals surface area contributed by atoms with Crippen LogP contribution >= 0.6 is 11.8 Å². The van der Waals surface area contributed by atoms with Crippen molar-refractivity contribution >= 4 is 35.0 Å². The number of carbonyl (C=O) groups is 1. The van der Waals surface area contributed by atoms with Crippen LogP contribution in [0, 0.1) is 11.6 Å². The van der Waals surface area contributed by atoms with Crippen LogP contribution in [0.25, 0.3) is 17.2 Å². The fourth-order valence-electron chi connectivity index (χ4n) is 3.06. The average molecular weight is 358 g/mol. The first-order valence-electron chi connectivity index (χ1n) is 7.68. The van der Waals surface area contributed by atoms with Gasteiger partial charge in [0.1, 0.15) is 11.6 Å². The topological polar surface area (TPSA) is 37.3 Å². The van der Waals surface area contributed by atoms with Crippen molar-refractivity contribution in [3.05, 3.63) is 70.3 Å². The number of halogens is 2. The summed E-state index contributed by atoms with van der Waals surface area (Å²) in [4.78, 5) is 12.3. The minimum absolute atomic E-state index is 0.268. The molecule has 3 rings (SSSR count). The molecule has 2 nitrogen and oxygen atoms in total. The third-order valence-electron chi connectivity index (χ3n) is 4.26. The number of carboxylic acid groups (broad SMARTS) is 1. The van der Waals surface area contributed by atoms with Gasteiger partial charge >= 0.3 is 5.97 Å². The van der Waals surface area contributed by atoms with Gasteiger partial charge in [0.05, 0.1) is 6.42 Å². The lowest BCUT2D eigenvalue weighted by Crippen LogP contribution is -1.98. The Labute approximate surface area is 148 Å². The van der Waals surface area contributed by atoms with E-state index in [0.29, 0.717) is 22.3 Å². The van der Waals surface area contributed by atoms with E-state index >= 15 is 0 Å². The molecule has 2 aromatic rings. The van der Waals surface area contributed by atoms with Crippen molar-refractivity contribution in [1.29, 1.82) is 0 Å². The van der Waals surface area contributed by atoms with Crippen molar-refractivity contribution in [3.63, 3.8) is 0 Å². The largest absolute Gasteiger partial charge is 0.481 e. The molecule has 0 unspecified atom stereocenters. The van der Waals surface area contributed by atoms with Gasteiger partial charge in [0.15, 0.2) is 0 Å². The van der Waals surface area contributed by atoms with E-state index in [1.54, 1.807) is 18.7 Å². The number of benzene rings is 2. The second-order valence-corrected chi connectivity index (χ2v) is 6.70. The molecule has 0 atom stereocenters. The van der Waals surface area contributed by atoms with E-state index in [1.165, 1.54) is 6.07 Å². The van der Waals surface area contributed by atoms with Crippen LogP contribution in [0.1, 0.15) is 30.0 Å². The smallest absolute Gasteiger partial charge is 0.307 e. The molecule has 0 radical (unpaired) electrons. The highest BCUT2D eigenvalue weighted by Crippen LogP contribution is 2.45. The normalized spacial score (nSPS) is 15.0. The molecule has 0 spiro atoms. The van der Waals surface area contributed by atoms with Gasteiger partial charge in [-0.3, -0.25) is 4.79 Å². The Bertz CT molecular complexity index is 912. The summed E-state index contributed by atoms with van der Waals surface area (Å²) in [7, 11) is 0. The zero-order chi connectivity index (χ0) is 18.1. The first kappa shape index (κ1) is 17.4. The van der Waals surface area contributed by atoms with Gasteiger partial charge in [0.2, 0.25) is 0 Å². The molecular weight excluding hydrogens is 342 g/mol. The quantitative estimate of drug-likeness (QED) is 0.735. The molecule has 25 heavy (non-hydrogen) atoms. The summed E-state index contributed by atoms with van der Waals surface area (Å²) in [5, 5.41) is 9.15. The molecule has 2 aromatic carbocycles. The third kappa shape index (κ3) is 3.37. The molecular formula is C20H16F2O2S. The number of allylic oxidation sites excluding steroid dienone is 2. The molecule has 0 fully saturated rings. The summed E-state index contributed by atoms with van der Waals surface area (Å²) in [6.07, 6.45) is 3.52. The van der Waals surface area contributed by atoms with Crippen LogP contribution in [0.5, 0.6) is 0 Å². The Morgan fingerprint density at radius 3 is 2.48 bits per heavy atom. The van der Waals surface area contributed by atoms with Crippen molar-refractivity contribution in [3.8, 4) is 0 Å². The monoisotopic (exact) mass is 358 g/mol. The summed E-state index contributed by atoms with van der Waals surface area (Å²) in [5.74, 6) is -2.42. The lowest BCUT2D eigenvalue weighted by molar-refractivity contribution is -0.135. The highest BCUT2D eigenvalue weighted by Gasteiger charge is 2.28. The SMILES string of the molecule is CSc1ccc(/C=C2/C(C)=C(CC(=O)O)c3cc(F)cc(F)c32)cc1. The van der Waals surface area contributed by atoms with Crippen molar-refractivity contribution in [2.45, 2.75) is 18.2 Å². The first-order valence-corrected chi connectivity index (χ1v) is 8.90. The first-order chi connectivity index (χ1) is 11.9. The van der Waals surface area contributed by atoms with Gasteiger partial charge in [-0.25, -0.2) is 8.78 Å². The van der Waals surface area contributed by atoms with E-state index in [2.05, 4.69) is 0 Å².